The number of hydrogen-bond donors (Lipinski definition) is 4. The fourth-order valence-corrected chi connectivity index (χ4v) is 2.13. The number of hydrogen-bond acceptors (Lipinski definition) is 8. The number of ether oxygens (including phenoxy) is 1. The van der Waals surface area contributed by atoms with Crippen LogP contribution < -0.4 is 11.1 Å². The Labute approximate surface area is 121 Å². The summed E-state index contributed by atoms with van der Waals surface area (Å²) in [6, 6.07) is 0. The molecule has 1 aromatic heterocycles. The third-order valence-corrected chi connectivity index (χ3v) is 3.13. The zero-order valence-electron chi connectivity index (χ0n) is 11.7. The van der Waals surface area contributed by atoms with Gasteiger partial charge in [-0.2, -0.15) is 0 Å². The number of anilines is 1. The van der Waals surface area contributed by atoms with Crippen molar-refractivity contribution in [1.29, 1.82) is 0 Å². The van der Waals surface area contributed by atoms with Crippen LogP contribution in [0.15, 0.2) is 11.3 Å². The minimum absolute atomic E-state index is 0.0114. The van der Waals surface area contributed by atoms with Gasteiger partial charge in [-0.1, -0.05) is 0 Å². The second kappa shape index (κ2) is 6.55. The summed E-state index contributed by atoms with van der Waals surface area (Å²) in [4.78, 5) is 18.8. The molecule has 2 unspecified atom stereocenters. The summed E-state index contributed by atoms with van der Waals surface area (Å²) < 4.78 is 6.74. The normalized spacial score (nSPS) is 18.4. The summed E-state index contributed by atoms with van der Waals surface area (Å²) in [6.07, 6.45) is 0.937. The molecule has 0 saturated carbocycles. The number of aliphatic hydroxyl groups excluding tert-OH is 2. The van der Waals surface area contributed by atoms with Crippen molar-refractivity contribution in [2.24, 2.45) is 16.6 Å². The topological polar surface area (TPSA) is 135 Å². The molecule has 0 amide bonds. The number of imidazole rings is 1. The van der Waals surface area contributed by atoms with E-state index in [-0.39, 0.29) is 31.1 Å². The Morgan fingerprint density at radius 2 is 2.43 bits per heavy atom. The number of rotatable bonds is 6. The van der Waals surface area contributed by atoms with Crippen molar-refractivity contribution in [3.05, 3.63) is 12.0 Å². The summed E-state index contributed by atoms with van der Waals surface area (Å²) >= 11 is 0. The fraction of sp³-hybridized carbons (Fsp3) is 0.583. The lowest BCUT2D eigenvalue weighted by atomic mass is 10.1. The van der Waals surface area contributed by atoms with Gasteiger partial charge < -0.3 is 30.6 Å². The molecule has 0 bridgehead atoms. The Hall–Kier alpha value is -2.13. The van der Waals surface area contributed by atoms with Crippen molar-refractivity contribution in [1.82, 2.24) is 9.55 Å². The summed E-state index contributed by atoms with van der Waals surface area (Å²) in [5.41, 5.74) is 5.97. The highest BCUT2D eigenvalue weighted by molar-refractivity contribution is 5.93. The number of aliphatic imine (C=N–C) groups is 1. The minimum Gasteiger partial charge on any atom is -0.466 e. The molecule has 2 heterocycles. The van der Waals surface area contributed by atoms with Gasteiger partial charge in [0.2, 0.25) is 0 Å². The highest BCUT2D eigenvalue weighted by Gasteiger charge is 2.24. The first-order valence-corrected chi connectivity index (χ1v) is 6.59. The molecule has 9 heteroatoms. The average Bonchev–Trinajstić information content (AvgIpc) is 2.79. The smallest absolute Gasteiger partial charge is 0.302 e. The van der Waals surface area contributed by atoms with E-state index in [1.165, 1.54) is 6.92 Å². The second-order valence-electron chi connectivity index (χ2n) is 4.82. The van der Waals surface area contributed by atoms with Crippen molar-refractivity contribution in [2.45, 2.75) is 26.1 Å². The maximum Gasteiger partial charge on any atom is 0.302 e. The number of carbonyl (C=O) groups is 1. The number of nitrogens with one attached hydrogen (secondary N) is 1. The molecule has 0 aliphatic carbocycles. The zero-order valence-corrected chi connectivity index (χ0v) is 11.7. The van der Waals surface area contributed by atoms with Crippen molar-refractivity contribution in [3.8, 4) is 0 Å². The molecule has 5 N–H and O–H groups in total. The molecule has 1 aromatic rings. The number of fused-ring (bicyclic) bond motifs is 1. The van der Waals surface area contributed by atoms with Crippen molar-refractivity contribution in [3.63, 3.8) is 0 Å². The van der Waals surface area contributed by atoms with Gasteiger partial charge in [-0.25, -0.2) is 9.98 Å². The standard InChI is InChI=1S/C12H19N5O4/c1-7(19)21-5-8(2-3-18)4-17-6-14-9-10(17)15-12(13)16-11(9)20/h6,8,11,18,20H,2-5H2,1H3,(H3,13,15,16). The molecule has 0 fully saturated rings. The molecular formula is C12H19N5O4. The molecule has 116 valence electrons. The highest BCUT2D eigenvalue weighted by Crippen LogP contribution is 2.27. The van der Waals surface area contributed by atoms with Crippen LogP contribution >= 0.6 is 0 Å². The molecule has 1 aliphatic heterocycles. The van der Waals surface area contributed by atoms with Crippen LogP contribution in [0.25, 0.3) is 0 Å². The maximum atomic E-state index is 10.9. The molecule has 0 spiro atoms. The highest BCUT2D eigenvalue weighted by atomic mass is 16.5. The quantitative estimate of drug-likeness (QED) is 0.503. The van der Waals surface area contributed by atoms with Crippen molar-refractivity contribution >= 4 is 17.7 Å². The fourth-order valence-electron chi connectivity index (χ4n) is 2.13. The third kappa shape index (κ3) is 3.70. The molecule has 2 rings (SSSR count). The second-order valence-corrected chi connectivity index (χ2v) is 4.82. The molecule has 2 atom stereocenters. The summed E-state index contributed by atoms with van der Waals surface area (Å²) in [6.45, 7) is 1.99. The van der Waals surface area contributed by atoms with Crippen LogP contribution in [0.5, 0.6) is 0 Å². The first-order chi connectivity index (χ1) is 10.0. The zero-order chi connectivity index (χ0) is 15.4. The molecule has 21 heavy (non-hydrogen) atoms. The maximum absolute atomic E-state index is 10.9. The van der Waals surface area contributed by atoms with E-state index in [1.54, 1.807) is 10.9 Å². The molecule has 0 saturated heterocycles. The van der Waals surface area contributed by atoms with Crippen LogP contribution in [-0.4, -0.2) is 44.9 Å². The van der Waals surface area contributed by atoms with Gasteiger partial charge in [-0.3, -0.25) is 4.79 Å². The van der Waals surface area contributed by atoms with Gasteiger partial charge in [-0.05, 0) is 6.42 Å². The largest absolute Gasteiger partial charge is 0.466 e. The van der Waals surface area contributed by atoms with Gasteiger partial charge in [0.05, 0.1) is 12.9 Å². The Kier molecular flexibility index (Phi) is 4.76. The SMILES string of the molecule is CC(=O)OCC(CCO)Cn1cnc2c1NC(N)=NC2O. The lowest BCUT2D eigenvalue weighted by Gasteiger charge is -2.21. The Morgan fingerprint density at radius 1 is 1.67 bits per heavy atom. The van der Waals surface area contributed by atoms with E-state index >= 15 is 0 Å². The average molecular weight is 297 g/mol. The van der Waals surface area contributed by atoms with E-state index < -0.39 is 6.23 Å². The summed E-state index contributed by atoms with van der Waals surface area (Å²) in [5.74, 6) is 0.225. The van der Waals surface area contributed by atoms with Crippen molar-refractivity contribution < 1.29 is 19.7 Å². The predicted octanol–water partition coefficient (Wildman–Crippen LogP) is -0.824. The molecule has 9 nitrogen and oxygen atoms in total. The van der Waals surface area contributed by atoms with Gasteiger partial charge in [0.25, 0.3) is 0 Å². The number of esters is 1. The van der Waals surface area contributed by atoms with Gasteiger partial charge in [-0.15, -0.1) is 0 Å². The lowest BCUT2D eigenvalue weighted by molar-refractivity contribution is -0.142. The third-order valence-electron chi connectivity index (χ3n) is 3.13. The Balaban J connectivity index is 2.10. The molecule has 1 aliphatic rings. The van der Waals surface area contributed by atoms with E-state index in [1.807, 2.05) is 0 Å². The summed E-state index contributed by atoms with van der Waals surface area (Å²) in [7, 11) is 0. The van der Waals surface area contributed by atoms with E-state index in [9.17, 15) is 9.90 Å². The molecule has 0 radical (unpaired) electrons. The van der Waals surface area contributed by atoms with Gasteiger partial charge in [0, 0.05) is 26.0 Å². The first-order valence-electron chi connectivity index (χ1n) is 6.59. The number of nitrogens with zero attached hydrogens (tertiary/aromatic N) is 3. The minimum atomic E-state index is -1.09. The van der Waals surface area contributed by atoms with E-state index in [0.717, 1.165) is 0 Å². The van der Waals surface area contributed by atoms with Crippen LogP contribution in [0.1, 0.15) is 25.3 Å². The Bertz CT molecular complexity index is 542. The van der Waals surface area contributed by atoms with Gasteiger partial charge in [0.15, 0.2) is 12.2 Å². The number of aromatic nitrogens is 2. The first kappa shape index (κ1) is 15.3. The number of guanidine groups is 1. The Morgan fingerprint density at radius 3 is 3.10 bits per heavy atom. The molecule has 0 aromatic carbocycles. The van der Waals surface area contributed by atoms with E-state index in [0.29, 0.717) is 24.5 Å². The van der Waals surface area contributed by atoms with E-state index in [2.05, 4.69) is 15.3 Å². The number of nitrogens with two attached hydrogens (primary N) is 1. The van der Waals surface area contributed by atoms with Crippen LogP contribution in [0, 0.1) is 5.92 Å². The van der Waals surface area contributed by atoms with Crippen LogP contribution in [0.3, 0.4) is 0 Å². The summed E-state index contributed by atoms with van der Waals surface area (Å²) in [5, 5.41) is 21.7. The number of aliphatic hydroxyl groups is 2. The van der Waals surface area contributed by atoms with E-state index in [4.69, 9.17) is 15.6 Å². The number of carbonyl (C=O) groups excluding carboxylic acids is 1. The van der Waals surface area contributed by atoms with Crippen LogP contribution in [-0.2, 0) is 16.1 Å². The van der Waals surface area contributed by atoms with Crippen LogP contribution in [0.2, 0.25) is 0 Å². The van der Waals surface area contributed by atoms with Crippen LogP contribution in [0.4, 0.5) is 5.82 Å². The van der Waals surface area contributed by atoms with Crippen molar-refractivity contribution in [2.75, 3.05) is 18.5 Å². The monoisotopic (exact) mass is 297 g/mol. The van der Waals surface area contributed by atoms with Gasteiger partial charge >= 0.3 is 5.97 Å². The molecular weight excluding hydrogens is 278 g/mol. The van der Waals surface area contributed by atoms with Gasteiger partial charge in [0.1, 0.15) is 11.5 Å². The lowest BCUT2D eigenvalue weighted by Crippen LogP contribution is -2.30. The predicted molar refractivity (Wildman–Crippen MR) is 74.3 cm³/mol.